The molecule has 1 atom stereocenters. The second kappa shape index (κ2) is 11.1. The Kier molecular flexibility index (Phi) is 9.82. The van der Waals surface area contributed by atoms with Crippen LogP contribution in [0.1, 0.15) is 90.4 Å². The van der Waals surface area contributed by atoms with Gasteiger partial charge in [0.25, 0.3) is 0 Å². The van der Waals surface area contributed by atoms with Crippen molar-refractivity contribution in [3.8, 4) is 0 Å². The van der Waals surface area contributed by atoms with E-state index in [1.54, 1.807) is 0 Å². The molecule has 1 N–H and O–H groups in total. The highest BCUT2D eigenvalue weighted by Gasteiger charge is 2.37. The van der Waals surface area contributed by atoms with E-state index < -0.39 is 5.60 Å². The van der Waals surface area contributed by atoms with Gasteiger partial charge in [-0.3, -0.25) is 0 Å². The van der Waals surface area contributed by atoms with Gasteiger partial charge >= 0.3 is 0 Å². The third kappa shape index (κ3) is 7.35. The molecule has 1 aliphatic rings. The molecular weight excluding hydrogens is 260 g/mol. The van der Waals surface area contributed by atoms with Gasteiger partial charge in [0.15, 0.2) is 0 Å². The minimum Gasteiger partial charge on any atom is -0.499 e. The van der Waals surface area contributed by atoms with Crippen LogP contribution < -0.4 is 0 Å². The molecule has 0 radical (unpaired) electrons. The zero-order valence-electron chi connectivity index (χ0n) is 14.1. The van der Waals surface area contributed by atoms with Gasteiger partial charge in [0, 0.05) is 0 Å². The fourth-order valence-electron chi connectivity index (χ4n) is 3.63. The first-order valence-corrected chi connectivity index (χ1v) is 9.18. The molecule has 1 saturated carbocycles. The van der Waals surface area contributed by atoms with Crippen LogP contribution in [0.25, 0.3) is 0 Å². The molecule has 1 aliphatic carbocycles. The first-order chi connectivity index (χ1) is 10.2. The minimum absolute atomic E-state index is 0.422. The van der Waals surface area contributed by atoms with E-state index in [4.69, 9.17) is 4.74 Å². The van der Waals surface area contributed by atoms with Gasteiger partial charge < -0.3 is 9.84 Å². The first kappa shape index (κ1) is 18.5. The van der Waals surface area contributed by atoms with Gasteiger partial charge in [-0.2, -0.15) is 0 Å². The second-order valence-corrected chi connectivity index (χ2v) is 6.79. The summed E-state index contributed by atoms with van der Waals surface area (Å²) in [4.78, 5) is 0. The maximum absolute atomic E-state index is 11.0. The Balaban J connectivity index is 2.29. The summed E-state index contributed by atoms with van der Waals surface area (Å²) >= 11 is 0. The molecule has 0 bridgehead atoms. The van der Waals surface area contributed by atoms with Crippen LogP contribution in [-0.4, -0.2) is 17.3 Å². The summed E-state index contributed by atoms with van der Waals surface area (Å²) in [7, 11) is 0. The van der Waals surface area contributed by atoms with E-state index in [0.29, 0.717) is 12.5 Å². The van der Waals surface area contributed by atoms with Gasteiger partial charge in [-0.05, 0) is 25.2 Å². The normalized spacial score (nSPS) is 19.1. The molecule has 0 heterocycles. The van der Waals surface area contributed by atoms with Crippen molar-refractivity contribution < 1.29 is 9.84 Å². The summed E-state index contributed by atoms with van der Waals surface area (Å²) in [5, 5.41) is 11.0. The van der Waals surface area contributed by atoms with Crippen molar-refractivity contribution in [2.75, 3.05) is 6.61 Å². The fourth-order valence-corrected chi connectivity index (χ4v) is 3.63. The zero-order chi connectivity index (χ0) is 15.4. The lowest BCUT2D eigenvalue weighted by Crippen LogP contribution is -2.43. The molecule has 0 spiro atoms. The summed E-state index contributed by atoms with van der Waals surface area (Å²) in [5.74, 6) is 0.422. The first-order valence-electron chi connectivity index (χ1n) is 9.18. The van der Waals surface area contributed by atoms with Crippen molar-refractivity contribution in [3.63, 3.8) is 0 Å². The number of ether oxygens (including phenoxy) is 1. The van der Waals surface area contributed by atoms with E-state index in [1.165, 1.54) is 64.0 Å². The van der Waals surface area contributed by atoms with E-state index in [9.17, 15) is 5.11 Å². The van der Waals surface area contributed by atoms with Crippen molar-refractivity contribution in [2.24, 2.45) is 5.92 Å². The average molecular weight is 296 g/mol. The van der Waals surface area contributed by atoms with E-state index >= 15 is 0 Å². The van der Waals surface area contributed by atoms with Crippen LogP contribution in [0.4, 0.5) is 0 Å². The third-order valence-electron chi connectivity index (χ3n) is 5.03. The molecule has 0 saturated heterocycles. The van der Waals surface area contributed by atoms with Crippen LogP contribution in [-0.2, 0) is 4.74 Å². The summed E-state index contributed by atoms with van der Waals surface area (Å²) in [6, 6.07) is 0. The average Bonchev–Trinajstić information content (AvgIpc) is 2.53. The number of rotatable bonds is 12. The molecule has 2 heteroatoms. The Morgan fingerprint density at radius 1 is 1.05 bits per heavy atom. The Morgan fingerprint density at radius 2 is 1.67 bits per heavy atom. The maximum atomic E-state index is 11.0. The van der Waals surface area contributed by atoms with Crippen molar-refractivity contribution in [1.29, 1.82) is 0 Å². The summed E-state index contributed by atoms with van der Waals surface area (Å²) < 4.78 is 5.38. The zero-order valence-corrected chi connectivity index (χ0v) is 14.1. The van der Waals surface area contributed by atoms with Gasteiger partial charge in [0.1, 0.15) is 12.2 Å². The van der Waals surface area contributed by atoms with Crippen LogP contribution in [0.3, 0.4) is 0 Å². The minimum atomic E-state index is -0.627. The van der Waals surface area contributed by atoms with Crippen molar-refractivity contribution in [2.45, 2.75) is 96.0 Å². The molecule has 0 aromatic heterocycles. The monoisotopic (exact) mass is 296 g/mol. The molecule has 1 rings (SSSR count). The molecule has 1 unspecified atom stereocenters. The predicted octanol–water partition coefficient (Wildman–Crippen LogP) is 5.60. The summed E-state index contributed by atoms with van der Waals surface area (Å²) in [5.41, 5.74) is -0.627. The van der Waals surface area contributed by atoms with Crippen molar-refractivity contribution >= 4 is 0 Å². The lowest BCUT2D eigenvalue weighted by atomic mass is 9.75. The van der Waals surface area contributed by atoms with Crippen molar-refractivity contribution in [1.82, 2.24) is 0 Å². The Labute approximate surface area is 132 Å². The van der Waals surface area contributed by atoms with Crippen LogP contribution in [0.15, 0.2) is 12.8 Å². The number of aliphatic hydroxyl groups is 1. The molecule has 0 aromatic carbocycles. The molecule has 0 amide bonds. The molecule has 21 heavy (non-hydrogen) atoms. The lowest BCUT2D eigenvalue weighted by Gasteiger charge is -2.38. The largest absolute Gasteiger partial charge is 0.499 e. The topological polar surface area (TPSA) is 29.5 Å². The van der Waals surface area contributed by atoms with Crippen LogP contribution in [0.2, 0.25) is 0 Å². The Morgan fingerprint density at radius 3 is 2.29 bits per heavy atom. The van der Waals surface area contributed by atoms with Crippen LogP contribution in [0, 0.1) is 5.92 Å². The van der Waals surface area contributed by atoms with E-state index in [-0.39, 0.29) is 0 Å². The predicted molar refractivity (Wildman–Crippen MR) is 90.3 cm³/mol. The third-order valence-corrected chi connectivity index (χ3v) is 5.03. The fraction of sp³-hybridized carbons (Fsp3) is 0.895. The van der Waals surface area contributed by atoms with Crippen LogP contribution >= 0.6 is 0 Å². The molecular formula is C19H36O2. The molecule has 2 nitrogen and oxygen atoms in total. The highest BCUT2D eigenvalue weighted by atomic mass is 16.5. The van der Waals surface area contributed by atoms with Gasteiger partial charge in [-0.1, -0.05) is 77.7 Å². The van der Waals surface area contributed by atoms with Gasteiger partial charge in [-0.15, -0.1) is 0 Å². The molecule has 124 valence electrons. The summed E-state index contributed by atoms with van der Waals surface area (Å²) in [6.07, 6.45) is 17.6. The highest BCUT2D eigenvalue weighted by Crippen LogP contribution is 2.36. The van der Waals surface area contributed by atoms with Crippen molar-refractivity contribution in [3.05, 3.63) is 12.8 Å². The highest BCUT2D eigenvalue weighted by molar-refractivity contribution is 4.88. The SMILES string of the molecule is C=COCC(O)(CCCCCCCCC)C1CCCCC1. The molecule has 0 aliphatic heterocycles. The lowest BCUT2D eigenvalue weighted by molar-refractivity contribution is -0.0827. The molecule has 0 aromatic rings. The van der Waals surface area contributed by atoms with E-state index in [2.05, 4.69) is 13.5 Å². The van der Waals surface area contributed by atoms with Crippen LogP contribution in [0.5, 0.6) is 0 Å². The second-order valence-electron chi connectivity index (χ2n) is 6.79. The maximum Gasteiger partial charge on any atom is 0.116 e. The smallest absolute Gasteiger partial charge is 0.116 e. The van der Waals surface area contributed by atoms with Gasteiger partial charge in [0.05, 0.1) is 6.26 Å². The number of unbranched alkanes of at least 4 members (excludes halogenated alkanes) is 6. The quantitative estimate of drug-likeness (QED) is 0.375. The molecule has 1 fully saturated rings. The number of hydrogen-bond donors (Lipinski definition) is 1. The van der Waals surface area contributed by atoms with Gasteiger partial charge in [-0.25, -0.2) is 0 Å². The van der Waals surface area contributed by atoms with E-state index in [1.807, 2.05) is 0 Å². The number of hydrogen-bond acceptors (Lipinski definition) is 2. The van der Waals surface area contributed by atoms with Gasteiger partial charge in [0.2, 0.25) is 0 Å². The summed E-state index contributed by atoms with van der Waals surface area (Å²) in [6.45, 7) is 6.30. The Bertz CT molecular complexity index is 258. The van der Waals surface area contributed by atoms with E-state index in [0.717, 1.165) is 25.7 Å². The standard InChI is InChI=1S/C19H36O2/c1-3-5-6-7-8-9-13-16-19(20,17-21-4-2)18-14-11-10-12-15-18/h4,18,20H,2-3,5-17H2,1H3. The Hall–Kier alpha value is -0.500.